The van der Waals surface area contributed by atoms with Crippen molar-refractivity contribution < 1.29 is 0 Å². The molecule has 2 saturated heterocycles. The number of nitrogens with one attached hydrogen (secondary N) is 1. The van der Waals surface area contributed by atoms with Crippen LogP contribution >= 0.6 is 0 Å². The zero-order valence-corrected chi connectivity index (χ0v) is 24.4. The van der Waals surface area contributed by atoms with Gasteiger partial charge in [0.2, 0.25) is 5.95 Å². The monoisotopic (exact) mass is 552 g/mol. The molecule has 0 aliphatic carbocycles. The number of nitrogens with zero attached hydrogens (tertiary/aromatic N) is 7. The Morgan fingerprint density at radius 2 is 1.68 bits per heavy atom. The van der Waals surface area contributed by atoms with Gasteiger partial charge in [0.25, 0.3) is 5.56 Å². The van der Waals surface area contributed by atoms with Gasteiger partial charge in [0.05, 0.1) is 5.56 Å². The molecule has 4 aromatic rings. The Morgan fingerprint density at radius 3 is 2.39 bits per heavy atom. The first-order valence-electron chi connectivity index (χ1n) is 14.9. The van der Waals surface area contributed by atoms with E-state index in [1.54, 1.807) is 23.2 Å². The standard InChI is InChI=1S/C32H40N8O/c1-4-40-30-25(17-28(31(40)41)26-19-33-29(34-20-26)24-6-5-13-39(3)21-24)18-35-32(37-30)36-27-9-7-22(8-10-27)16-23-11-14-38(2)15-12-23/h7-10,17-20,23-24H,4-6,11-16,21H2,1-3H3,(H,35,36,37). The fraction of sp³-hybridized carbons (Fsp3) is 0.469. The summed E-state index contributed by atoms with van der Waals surface area (Å²) in [6.45, 7) is 6.92. The number of likely N-dealkylation sites (tertiary alicyclic amines) is 2. The van der Waals surface area contributed by atoms with Crippen molar-refractivity contribution in [2.45, 2.75) is 51.5 Å². The van der Waals surface area contributed by atoms with Gasteiger partial charge < -0.3 is 15.1 Å². The summed E-state index contributed by atoms with van der Waals surface area (Å²) in [5.74, 6) is 2.42. The van der Waals surface area contributed by atoms with E-state index in [0.29, 0.717) is 29.6 Å². The number of rotatable bonds is 7. The molecule has 2 aliphatic heterocycles. The second-order valence-electron chi connectivity index (χ2n) is 11.8. The van der Waals surface area contributed by atoms with Crippen LogP contribution < -0.4 is 10.9 Å². The number of likely N-dealkylation sites (N-methyl/N-ethyl adjacent to an activating group) is 1. The highest BCUT2D eigenvalue weighted by molar-refractivity contribution is 5.81. The van der Waals surface area contributed by atoms with Crippen LogP contribution in [0.3, 0.4) is 0 Å². The van der Waals surface area contributed by atoms with E-state index in [4.69, 9.17) is 4.98 Å². The van der Waals surface area contributed by atoms with Gasteiger partial charge in [-0.1, -0.05) is 12.1 Å². The lowest BCUT2D eigenvalue weighted by atomic mass is 9.90. The molecule has 1 aromatic carbocycles. The Morgan fingerprint density at radius 1 is 0.927 bits per heavy atom. The zero-order valence-electron chi connectivity index (χ0n) is 24.4. The smallest absolute Gasteiger partial charge is 0.260 e. The summed E-state index contributed by atoms with van der Waals surface area (Å²) < 4.78 is 1.70. The first-order chi connectivity index (χ1) is 20.0. The van der Waals surface area contributed by atoms with Gasteiger partial charge in [-0.2, -0.15) is 4.98 Å². The maximum absolute atomic E-state index is 13.5. The molecule has 9 nitrogen and oxygen atoms in total. The van der Waals surface area contributed by atoms with Crippen LogP contribution in [-0.2, 0) is 13.0 Å². The van der Waals surface area contributed by atoms with Crippen molar-refractivity contribution in [2.75, 3.05) is 45.6 Å². The molecule has 9 heteroatoms. The van der Waals surface area contributed by atoms with E-state index in [0.717, 1.165) is 60.7 Å². The fourth-order valence-electron chi connectivity index (χ4n) is 6.24. The van der Waals surface area contributed by atoms with Crippen LogP contribution in [-0.4, -0.2) is 74.6 Å². The third-order valence-corrected chi connectivity index (χ3v) is 8.69. The van der Waals surface area contributed by atoms with Crippen molar-refractivity contribution in [3.63, 3.8) is 0 Å². The maximum atomic E-state index is 13.5. The summed E-state index contributed by atoms with van der Waals surface area (Å²) in [6, 6.07) is 10.4. The van der Waals surface area contributed by atoms with Crippen LogP contribution in [0.4, 0.5) is 11.6 Å². The Hall–Kier alpha value is -3.69. The average molecular weight is 553 g/mol. The lowest BCUT2D eigenvalue weighted by Gasteiger charge is -2.28. The van der Waals surface area contributed by atoms with Gasteiger partial charge in [-0.3, -0.25) is 9.36 Å². The molecule has 1 unspecified atom stereocenters. The molecule has 214 valence electrons. The molecule has 1 atom stereocenters. The summed E-state index contributed by atoms with van der Waals surface area (Å²) in [7, 11) is 4.34. The molecular weight excluding hydrogens is 512 g/mol. The topological polar surface area (TPSA) is 92.1 Å². The molecule has 41 heavy (non-hydrogen) atoms. The molecule has 1 N–H and O–H groups in total. The van der Waals surface area contributed by atoms with Gasteiger partial charge in [-0.15, -0.1) is 0 Å². The van der Waals surface area contributed by atoms with Crippen LogP contribution in [0.5, 0.6) is 0 Å². The molecule has 0 amide bonds. The number of anilines is 2. The second kappa shape index (κ2) is 12.0. The Labute approximate surface area is 241 Å². The second-order valence-corrected chi connectivity index (χ2v) is 11.8. The van der Waals surface area contributed by atoms with E-state index in [1.807, 2.05) is 13.0 Å². The summed E-state index contributed by atoms with van der Waals surface area (Å²) in [4.78, 5) is 36.9. The van der Waals surface area contributed by atoms with E-state index in [1.165, 1.54) is 31.5 Å². The number of aryl methyl sites for hydroxylation is 1. The Bertz CT molecular complexity index is 1540. The molecule has 2 aliphatic rings. The lowest BCUT2D eigenvalue weighted by Crippen LogP contribution is -2.31. The fourth-order valence-corrected chi connectivity index (χ4v) is 6.24. The minimum atomic E-state index is -0.100. The highest BCUT2D eigenvalue weighted by Gasteiger charge is 2.22. The van der Waals surface area contributed by atoms with Crippen LogP contribution in [0.1, 0.15) is 49.9 Å². The molecule has 5 heterocycles. The van der Waals surface area contributed by atoms with Crippen LogP contribution in [0.2, 0.25) is 0 Å². The molecule has 0 bridgehead atoms. The number of benzene rings is 1. The van der Waals surface area contributed by atoms with E-state index in [2.05, 4.69) is 68.4 Å². The number of piperidine rings is 2. The molecule has 3 aromatic heterocycles. The van der Waals surface area contributed by atoms with Gasteiger partial charge in [-0.25, -0.2) is 15.0 Å². The van der Waals surface area contributed by atoms with E-state index in [9.17, 15) is 4.79 Å². The third kappa shape index (κ3) is 6.16. The van der Waals surface area contributed by atoms with Crippen LogP contribution in [0.15, 0.2) is 53.7 Å². The zero-order chi connectivity index (χ0) is 28.3. The quantitative estimate of drug-likeness (QED) is 0.353. The van der Waals surface area contributed by atoms with E-state index < -0.39 is 0 Å². The molecule has 2 fully saturated rings. The lowest BCUT2D eigenvalue weighted by molar-refractivity contribution is 0.219. The maximum Gasteiger partial charge on any atom is 0.260 e. The molecule has 0 radical (unpaired) electrons. The van der Waals surface area contributed by atoms with Crippen molar-refractivity contribution in [3.05, 3.63) is 70.7 Å². The highest BCUT2D eigenvalue weighted by atomic mass is 16.1. The SMILES string of the molecule is CCn1c(=O)c(-c2cnc(C3CCCN(C)C3)nc2)cc2cnc(Nc3ccc(CC4CCN(C)CC4)cc3)nc21. The average Bonchev–Trinajstić information content (AvgIpc) is 2.99. The first kappa shape index (κ1) is 27.5. The molecule has 6 rings (SSSR count). The van der Waals surface area contributed by atoms with Gasteiger partial charge in [0.1, 0.15) is 11.5 Å². The summed E-state index contributed by atoms with van der Waals surface area (Å²) in [6.07, 6.45) is 11.2. The molecular formula is C32H40N8O. The molecule has 0 spiro atoms. The minimum absolute atomic E-state index is 0.100. The summed E-state index contributed by atoms with van der Waals surface area (Å²) >= 11 is 0. The number of aromatic nitrogens is 5. The predicted octanol–water partition coefficient (Wildman–Crippen LogP) is 4.71. The highest BCUT2D eigenvalue weighted by Crippen LogP contribution is 2.26. The van der Waals surface area contributed by atoms with E-state index >= 15 is 0 Å². The van der Waals surface area contributed by atoms with Crippen molar-refractivity contribution in [2.24, 2.45) is 5.92 Å². The van der Waals surface area contributed by atoms with Gasteiger partial charge >= 0.3 is 0 Å². The van der Waals surface area contributed by atoms with Gasteiger partial charge in [0.15, 0.2) is 0 Å². The van der Waals surface area contributed by atoms with Crippen LogP contribution in [0, 0.1) is 5.92 Å². The largest absolute Gasteiger partial charge is 0.324 e. The van der Waals surface area contributed by atoms with Crippen molar-refractivity contribution >= 4 is 22.7 Å². The molecule has 0 saturated carbocycles. The summed E-state index contributed by atoms with van der Waals surface area (Å²) in [5, 5.41) is 4.13. The Kier molecular flexibility index (Phi) is 8.07. The third-order valence-electron chi connectivity index (χ3n) is 8.69. The number of hydrogen-bond donors (Lipinski definition) is 1. The number of pyridine rings is 1. The first-order valence-corrected chi connectivity index (χ1v) is 14.9. The predicted molar refractivity (Wildman–Crippen MR) is 164 cm³/mol. The Balaban J connectivity index is 1.20. The number of hydrogen-bond acceptors (Lipinski definition) is 8. The minimum Gasteiger partial charge on any atom is -0.324 e. The van der Waals surface area contributed by atoms with Gasteiger partial charge in [0, 0.05) is 54.2 Å². The van der Waals surface area contributed by atoms with E-state index in [-0.39, 0.29) is 5.56 Å². The summed E-state index contributed by atoms with van der Waals surface area (Å²) in [5.41, 5.74) is 4.09. The van der Waals surface area contributed by atoms with Crippen molar-refractivity contribution in [1.82, 2.24) is 34.3 Å². The van der Waals surface area contributed by atoms with Crippen molar-refractivity contribution in [3.8, 4) is 11.1 Å². The van der Waals surface area contributed by atoms with Crippen LogP contribution in [0.25, 0.3) is 22.2 Å². The van der Waals surface area contributed by atoms with Crippen molar-refractivity contribution in [1.29, 1.82) is 0 Å². The van der Waals surface area contributed by atoms with Gasteiger partial charge in [-0.05, 0) is 102 Å². The normalized spacial score (nSPS) is 19.0. The number of fused-ring (bicyclic) bond motifs is 1.